The molecule has 0 bridgehead atoms. The lowest BCUT2D eigenvalue weighted by Gasteiger charge is -2.24. The third kappa shape index (κ3) is 6.11. The Morgan fingerprint density at radius 1 is 0.806 bits per heavy atom. The molecule has 0 radical (unpaired) electrons. The molecule has 4 aromatic carbocycles. The van der Waals surface area contributed by atoms with E-state index in [0.29, 0.717) is 12.0 Å². The Morgan fingerprint density at radius 2 is 1.47 bits per heavy atom. The molecule has 4 rings (SSSR count). The summed E-state index contributed by atoms with van der Waals surface area (Å²) in [5, 5.41) is 29.3. The number of carbonyl (C=O) groups excluding carboxylic acids is 2. The number of hydrogen-bond acceptors (Lipinski definition) is 4. The molecule has 2 atom stereocenters. The van der Waals surface area contributed by atoms with Gasteiger partial charge in [0.2, 0.25) is 5.91 Å². The van der Waals surface area contributed by atoms with Crippen LogP contribution in [0.3, 0.4) is 0 Å². The SMILES string of the molecule is CC(C)C[C@H](NC(=O)[C@H](Cc1cccc2ccccc12)NC(=O)c1ccc2ccccc2c1)B(O)O. The van der Waals surface area contributed by atoms with Gasteiger partial charge in [-0.05, 0) is 51.6 Å². The molecule has 0 spiro atoms. The Hall–Kier alpha value is -3.68. The maximum absolute atomic E-state index is 13.4. The summed E-state index contributed by atoms with van der Waals surface area (Å²) in [6, 6.07) is 26.0. The van der Waals surface area contributed by atoms with Crippen LogP contribution in [0.2, 0.25) is 0 Å². The molecule has 0 aliphatic carbocycles. The van der Waals surface area contributed by atoms with Gasteiger partial charge < -0.3 is 20.7 Å². The minimum Gasteiger partial charge on any atom is -0.426 e. The maximum Gasteiger partial charge on any atom is 0.475 e. The van der Waals surface area contributed by atoms with Gasteiger partial charge in [-0.3, -0.25) is 9.59 Å². The van der Waals surface area contributed by atoms with Gasteiger partial charge in [0.05, 0.1) is 5.94 Å². The Bertz CT molecular complexity index is 1370. The zero-order valence-electron chi connectivity index (χ0n) is 20.5. The largest absolute Gasteiger partial charge is 0.475 e. The smallest absolute Gasteiger partial charge is 0.426 e. The first kappa shape index (κ1) is 25.4. The average Bonchev–Trinajstić information content (AvgIpc) is 2.87. The highest BCUT2D eigenvalue weighted by Gasteiger charge is 2.30. The van der Waals surface area contributed by atoms with Gasteiger partial charge in [0.15, 0.2) is 0 Å². The van der Waals surface area contributed by atoms with E-state index in [1.807, 2.05) is 86.6 Å². The highest BCUT2D eigenvalue weighted by molar-refractivity contribution is 6.43. The molecule has 4 aromatic rings. The fourth-order valence-corrected chi connectivity index (χ4v) is 4.52. The van der Waals surface area contributed by atoms with Crippen LogP contribution in [-0.4, -0.2) is 41.0 Å². The van der Waals surface area contributed by atoms with Crippen molar-refractivity contribution in [3.05, 3.63) is 96.1 Å². The van der Waals surface area contributed by atoms with Gasteiger partial charge >= 0.3 is 7.12 Å². The topological polar surface area (TPSA) is 98.7 Å². The lowest BCUT2D eigenvalue weighted by molar-refractivity contribution is -0.123. The van der Waals surface area contributed by atoms with Crippen LogP contribution in [0.25, 0.3) is 21.5 Å². The van der Waals surface area contributed by atoms with Crippen molar-refractivity contribution in [2.45, 2.75) is 38.7 Å². The normalized spacial score (nSPS) is 12.9. The summed E-state index contributed by atoms with van der Waals surface area (Å²) in [4.78, 5) is 26.7. The molecule has 0 aromatic heterocycles. The molecular weight excluding hydrogens is 451 g/mol. The summed E-state index contributed by atoms with van der Waals surface area (Å²) in [6.45, 7) is 3.88. The molecule has 6 nitrogen and oxygen atoms in total. The first-order valence-electron chi connectivity index (χ1n) is 12.2. The van der Waals surface area contributed by atoms with Crippen LogP contribution < -0.4 is 10.6 Å². The number of carbonyl (C=O) groups is 2. The zero-order chi connectivity index (χ0) is 25.7. The first-order chi connectivity index (χ1) is 17.3. The van der Waals surface area contributed by atoms with E-state index < -0.39 is 25.0 Å². The number of rotatable bonds is 9. The number of benzene rings is 4. The fraction of sp³-hybridized carbons (Fsp3) is 0.241. The van der Waals surface area contributed by atoms with Gasteiger partial charge in [0.1, 0.15) is 6.04 Å². The molecule has 7 heteroatoms. The molecule has 0 fully saturated rings. The third-order valence-corrected chi connectivity index (χ3v) is 6.35. The predicted molar refractivity (Wildman–Crippen MR) is 144 cm³/mol. The van der Waals surface area contributed by atoms with E-state index in [9.17, 15) is 19.6 Å². The van der Waals surface area contributed by atoms with Crippen LogP contribution in [0.1, 0.15) is 36.2 Å². The second-order valence-corrected chi connectivity index (χ2v) is 9.59. The Balaban J connectivity index is 1.63. The van der Waals surface area contributed by atoms with E-state index in [1.54, 1.807) is 12.1 Å². The van der Waals surface area contributed by atoms with E-state index in [1.165, 1.54) is 0 Å². The summed E-state index contributed by atoms with van der Waals surface area (Å²) < 4.78 is 0. The molecular formula is C29H31BN2O4. The van der Waals surface area contributed by atoms with Crippen LogP contribution in [0.5, 0.6) is 0 Å². The van der Waals surface area contributed by atoms with E-state index in [-0.39, 0.29) is 18.2 Å². The van der Waals surface area contributed by atoms with Gasteiger partial charge in [0.25, 0.3) is 5.91 Å². The minimum absolute atomic E-state index is 0.140. The van der Waals surface area contributed by atoms with Crippen molar-refractivity contribution in [1.29, 1.82) is 0 Å². The molecule has 0 saturated heterocycles. The summed E-state index contributed by atoms with van der Waals surface area (Å²) in [5.41, 5.74) is 1.36. The molecule has 184 valence electrons. The Morgan fingerprint density at radius 3 is 2.19 bits per heavy atom. The van der Waals surface area contributed by atoms with Crippen molar-refractivity contribution in [2.24, 2.45) is 5.92 Å². The zero-order valence-corrected chi connectivity index (χ0v) is 20.5. The molecule has 0 saturated carbocycles. The lowest BCUT2D eigenvalue weighted by Crippen LogP contribution is -2.55. The number of fused-ring (bicyclic) bond motifs is 2. The summed E-state index contributed by atoms with van der Waals surface area (Å²) in [6.07, 6.45) is 0.644. The van der Waals surface area contributed by atoms with Gasteiger partial charge in [-0.25, -0.2) is 0 Å². The van der Waals surface area contributed by atoms with Gasteiger partial charge in [-0.1, -0.05) is 86.6 Å². The standard InChI is InChI=1S/C29H31BN2O4/c1-19(2)16-27(30(35)36)32-29(34)26(18-23-12-7-11-21-9-5-6-13-25(21)23)31-28(33)24-15-14-20-8-3-4-10-22(20)17-24/h3-15,17,19,26-27,35-36H,16,18H2,1-2H3,(H,31,33)(H,32,34)/t26-,27-/m0/s1. The van der Waals surface area contributed by atoms with Gasteiger partial charge in [-0.15, -0.1) is 0 Å². The van der Waals surface area contributed by atoms with Crippen molar-refractivity contribution >= 4 is 40.5 Å². The van der Waals surface area contributed by atoms with Crippen molar-refractivity contribution < 1.29 is 19.6 Å². The quantitative estimate of drug-likeness (QED) is 0.272. The van der Waals surface area contributed by atoms with Crippen molar-refractivity contribution in [3.8, 4) is 0 Å². The van der Waals surface area contributed by atoms with E-state index >= 15 is 0 Å². The predicted octanol–water partition coefficient (Wildman–Crippen LogP) is 3.88. The second-order valence-electron chi connectivity index (χ2n) is 9.59. The van der Waals surface area contributed by atoms with Crippen molar-refractivity contribution in [3.63, 3.8) is 0 Å². The highest BCUT2D eigenvalue weighted by Crippen LogP contribution is 2.21. The van der Waals surface area contributed by atoms with Crippen LogP contribution in [0.4, 0.5) is 0 Å². The monoisotopic (exact) mass is 482 g/mol. The summed E-state index contributed by atoms with van der Waals surface area (Å²) in [5.74, 6) is -1.53. The molecule has 4 N–H and O–H groups in total. The number of hydrogen-bond donors (Lipinski definition) is 4. The maximum atomic E-state index is 13.4. The average molecular weight is 482 g/mol. The molecule has 0 heterocycles. The third-order valence-electron chi connectivity index (χ3n) is 6.35. The van der Waals surface area contributed by atoms with E-state index in [4.69, 9.17) is 0 Å². The molecule has 0 aliphatic heterocycles. The first-order valence-corrected chi connectivity index (χ1v) is 12.2. The molecule has 2 amide bonds. The minimum atomic E-state index is -1.70. The van der Waals surface area contributed by atoms with Gasteiger partial charge in [0, 0.05) is 12.0 Å². The van der Waals surface area contributed by atoms with E-state index in [2.05, 4.69) is 10.6 Å². The van der Waals surface area contributed by atoms with Crippen molar-refractivity contribution in [1.82, 2.24) is 10.6 Å². The second kappa shape index (κ2) is 11.4. The molecule has 0 aliphatic rings. The van der Waals surface area contributed by atoms with Crippen LogP contribution in [0.15, 0.2) is 84.9 Å². The number of amides is 2. The lowest BCUT2D eigenvalue weighted by atomic mass is 9.75. The van der Waals surface area contributed by atoms with Crippen LogP contribution in [0, 0.1) is 5.92 Å². The molecule has 0 unspecified atom stereocenters. The number of nitrogens with one attached hydrogen (secondary N) is 2. The Labute approximate surface area is 211 Å². The summed E-state index contributed by atoms with van der Waals surface area (Å²) in [7, 11) is -1.70. The highest BCUT2D eigenvalue weighted by atomic mass is 16.4. The van der Waals surface area contributed by atoms with Crippen LogP contribution in [-0.2, 0) is 11.2 Å². The molecule has 36 heavy (non-hydrogen) atoms. The van der Waals surface area contributed by atoms with Crippen molar-refractivity contribution in [2.75, 3.05) is 0 Å². The van der Waals surface area contributed by atoms with Gasteiger partial charge in [-0.2, -0.15) is 0 Å². The summed E-state index contributed by atoms with van der Waals surface area (Å²) >= 11 is 0. The fourth-order valence-electron chi connectivity index (χ4n) is 4.52. The Kier molecular flexibility index (Phi) is 8.03. The van der Waals surface area contributed by atoms with E-state index in [0.717, 1.165) is 27.1 Å². The van der Waals surface area contributed by atoms with Crippen LogP contribution >= 0.6 is 0 Å².